The van der Waals surface area contributed by atoms with Crippen molar-refractivity contribution in [2.24, 2.45) is 0 Å². The number of carboxylic acids is 1. The normalized spacial score (nSPS) is 10.5. The van der Waals surface area contributed by atoms with Crippen LogP contribution < -0.4 is 10.5 Å². The molecule has 3 N–H and O–H groups in total. The van der Waals surface area contributed by atoms with E-state index in [4.69, 9.17) is 20.1 Å². The van der Waals surface area contributed by atoms with Crippen LogP contribution >= 0.6 is 0 Å². The summed E-state index contributed by atoms with van der Waals surface area (Å²) < 4.78 is 10.00. The smallest absolute Gasteiger partial charge is 0.358 e. The largest absolute Gasteiger partial charge is 0.496 e. The summed E-state index contributed by atoms with van der Waals surface area (Å²) in [6, 6.07) is 3.51. The Labute approximate surface area is 109 Å². The Kier molecular flexibility index (Phi) is 3.16. The Hall–Kier alpha value is -2.50. The molecule has 0 bridgehead atoms. The molecule has 0 aliphatic rings. The number of hydrogen-bond acceptors (Lipinski definition) is 5. The third-order valence-electron chi connectivity index (χ3n) is 3.15. The lowest BCUT2D eigenvalue weighted by molar-refractivity contribution is 0.0686. The Morgan fingerprint density at radius 2 is 2.05 bits per heavy atom. The summed E-state index contributed by atoms with van der Waals surface area (Å²) in [4.78, 5) is 11.1. The Bertz CT molecular complexity index is 646. The molecule has 0 aliphatic heterocycles. The predicted octanol–water partition coefficient (Wildman–Crippen LogP) is 2.25. The molecule has 6 nitrogen and oxygen atoms in total. The molecule has 0 saturated carbocycles. The molecule has 100 valence electrons. The minimum atomic E-state index is -1.18. The summed E-state index contributed by atoms with van der Waals surface area (Å²) >= 11 is 0. The van der Waals surface area contributed by atoms with Crippen LogP contribution in [0.5, 0.6) is 5.75 Å². The van der Waals surface area contributed by atoms with Crippen LogP contribution in [0, 0.1) is 13.8 Å². The number of benzene rings is 1. The van der Waals surface area contributed by atoms with Gasteiger partial charge in [0, 0.05) is 0 Å². The monoisotopic (exact) mass is 262 g/mol. The third kappa shape index (κ3) is 2.01. The zero-order valence-electron chi connectivity index (χ0n) is 10.9. The maximum absolute atomic E-state index is 11.1. The SMILES string of the molecule is COc1ccc(-c2c(C(=O)O)noc2N)c(C)c1C. The maximum Gasteiger partial charge on any atom is 0.358 e. The van der Waals surface area contributed by atoms with Crippen LogP contribution in [0.4, 0.5) is 5.88 Å². The number of nitrogen functional groups attached to an aromatic ring is 1. The number of anilines is 1. The second kappa shape index (κ2) is 4.64. The van der Waals surface area contributed by atoms with Crippen LogP contribution in [0.25, 0.3) is 11.1 Å². The van der Waals surface area contributed by atoms with Gasteiger partial charge in [-0.2, -0.15) is 0 Å². The first-order chi connectivity index (χ1) is 8.97. The summed E-state index contributed by atoms with van der Waals surface area (Å²) in [5.74, 6) is -0.457. The van der Waals surface area contributed by atoms with E-state index in [9.17, 15) is 4.79 Å². The molecule has 2 rings (SSSR count). The van der Waals surface area contributed by atoms with Crippen LogP contribution in [0.2, 0.25) is 0 Å². The average Bonchev–Trinajstić information content (AvgIpc) is 2.75. The molecule has 0 amide bonds. The number of carbonyl (C=O) groups is 1. The van der Waals surface area contributed by atoms with Crippen LogP contribution in [0.1, 0.15) is 21.6 Å². The van der Waals surface area contributed by atoms with Crippen LogP contribution in [0.15, 0.2) is 16.7 Å². The van der Waals surface area contributed by atoms with Gasteiger partial charge in [-0.1, -0.05) is 11.2 Å². The molecule has 0 atom stereocenters. The van der Waals surface area contributed by atoms with E-state index in [1.165, 1.54) is 0 Å². The van der Waals surface area contributed by atoms with E-state index in [0.717, 1.165) is 16.9 Å². The highest BCUT2D eigenvalue weighted by molar-refractivity contribution is 5.97. The summed E-state index contributed by atoms with van der Waals surface area (Å²) in [6.45, 7) is 3.76. The van der Waals surface area contributed by atoms with E-state index in [2.05, 4.69) is 5.16 Å². The highest BCUT2D eigenvalue weighted by Crippen LogP contribution is 2.36. The molecule has 0 spiro atoms. The number of methoxy groups -OCH3 is 1. The first-order valence-electron chi connectivity index (χ1n) is 5.60. The fourth-order valence-corrected chi connectivity index (χ4v) is 2.00. The number of ether oxygens (including phenoxy) is 1. The molecule has 2 aromatic rings. The van der Waals surface area contributed by atoms with Gasteiger partial charge in [0.15, 0.2) is 0 Å². The number of rotatable bonds is 3. The molecule has 19 heavy (non-hydrogen) atoms. The summed E-state index contributed by atoms with van der Waals surface area (Å²) in [7, 11) is 1.58. The number of nitrogens with two attached hydrogens (primary N) is 1. The van der Waals surface area contributed by atoms with Crippen LogP contribution in [-0.2, 0) is 0 Å². The van der Waals surface area contributed by atoms with E-state index in [0.29, 0.717) is 11.1 Å². The summed E-state index contributed by atoms with van der Waals surface area (Å²) in [5.41, 5.74) is 8.25. The van der Waals surface area contributed by atoms with Gasteiger partial charge in [0.1, 0.15) is 5.75 Å². The van der Waals surface area contributed by atoms with Gasteiger partial charge >= 0.3 is 5.97 Å². The van der Waals surface area contributed by atoms with Crippen LogP contribution in [0.3, 0.4) is 0 Å². The zero-order valence-corrected chi connectivity index (χ0v) is 10.9. The highest BCUT2D eigenvalue weighted by Gasteiger charge is 2.23. The fourth-order valence-electron chi connectivity index (χ4n) is 2.00. The molecule has 1 aromatic carbocycles. The molecular formula is C13H14N2O4. The average molecular weight is 262 g/mol. The second-order valence-corrected chi connectivity index (χ2v) is 4.14. The van der Waals surface area contributed by atoms with E-state index in [-0.39, 0.29) is 11.6 Å². The van der Waals surface area contributed by atoms with Crippen molar-refractivity contribution in [3.63, 3.8) is 0 Å². The van der Waals surface area contributed by atoms with Gasteiger partial charge in [0.25, 0.3) is 0 Å². The van der Waals surface area contributed by atoms with Gasteiger partial charge in [-0.05, 0) is 36.6 Å². The molecule has 6 heteroatoms. The molecule has 1 aromatic heterocycles. The number of aromatic carboxylic acids is 1. The van der Waals surface area contributed by atoms with E-state index >= 15 is 0 Å². The fraction of sp³-hybridized carbons (Fsp3) is 0.231. The maximum atomic E-state index is 11.1. The molecule has 1 heterocycles. The van der Waals surface area contributed by atoms with Gasteiger partial charge in [0.05, 0.1) is 12.7 Å². The van der Waals surface area contributed by atoms with Crippen molar-refractivity contribution in [2.45, 2.75) is 13.8 Å². The Balaban J connectivity index is 2.70. The van der Waals surface area contributed by atoms with E-state index in [1.807, 2.05) is 13.8 Å². The van der Waals surface area contributed by atoms with E-state index in [1.54, 1.807) is 19.2 Å². The lowest BCUT2D eigenvalue weighted by atomic mass is 9.96. The number of carboxylic acid groups (broad SMARTS) is 1. The van der Waals surface area contributed by atoms with Gasteiger partial charge in [0.2, 0.25) is 11.6 Å². The Morgan fingerprint density at radius 1 is 1.37 bits per heavy atom. The Morgan fingerprint density at radius 3 is 2.63 bits per heavy atom. The molecular weight excluding hydrogens is 248 g/mol. The van der Waals surface area contributed by atoms with Gasteiger partial charge in [-0.15, -0.1) is 0 Å². The standard InChI is InChI=1S/C13H14N2O4/c1-6-7(2)9(18-3)5-4-8(6)10-11(13(16)17)15-19-12(10)14/h4-5H,14H2,1-3H3,(H,16,17). The first-order valence-corrected chi connectivity index (χ1v) is 5.60. The van der Waals surface area contributed by atoms with Crippen molar-refractivity contribution >= 4 is 11.9 Å². The lowest BCUT2D eigenvalue weighted by Crippen LogP contribution is -2.01. The summed E-state index contributed by atoms with van der Waals surface area (Å²) in [5, 5.41) is 12.6. The number of aromatic nitrogens is 1. The second-order valence-electron chi connectivity index (χ2n) is 4.14. The third-order valence-corrected chi connectivity index (χ3v) is 3.15. The van der Waals surface area contributed by atoms with Gasteiger partial charge in [-0.3, -0.25) is 0 Å². The quantitative estimate of drug-likeness (QED) is 0.880. The minimum Gasteiger partial charge on any atom is -0.496 e. The van der Waals surface area contributed by atoms with Gasteiger partial charge in [-0.25, -0.2) is 4.79 Å². The van der Waals surface area contributed by atoms with E-state index < -0.39 is 5.97 Å². The van der Waals surface area contributed by atoms with Crippen molar-refractivity contribution in [2.75, 3.05) is 12.8 Å². The van der Waals surface area contributed by atoms with Crippen molar-refractivity contribution in [3.05, 3.63) is 29.0 Å². The zero-order chi connectivity index (χ0) is 14.2. The lowest BCUT2D eigenvalue weighted by Gasteiger charge is -2.12. The topological polar surface area (TPSA) is 98.6 Å². The van der Waals surface area contributed by atoms with Crippen molar-refractivity contribution in [3.8, 4) is 16.9 Å². The highest BCUT2D eigenvalue weighted by atomic mass is 16.5. The molecule has 0 aliphatic carbocycles. The van der Waals surface area contributed by atoms with Crippen LogP contribution in [-0.4, -0.2) is 23.3 Å². The van der Waals surface area contributed by atoms with Crippen molar-refractivity contribution in [1.29, 1.82) is 0 Å². The van der Waals surface area contributed by atoms with Crippen molar-refractivity contribution in [1.82, 2.24) is 5.16 Å². The summed E-state index contributed by atoms with van der Waals surface area (Å²) in [6.07, 6.45) is 0. The molecule has 0 unspecified atom stereocenters. The minimum absolute atomic E-state index is 0.00920. The predicted molar refractivity (Wildman–Crippen MR) is 69.3 cm³/mol. The number of hydrogen-bond donors (Lipinski definition) is 2. The van der Waals surface area contributed by atoms with Gasteiger partial charge < -0.3 is 20.1 Å². The van der Waals surface area contributed by atoms with Crippen molar-refractivity contribution < 1.29 is 19.2 Å². The first kappa shape index (κ1) is 12.9. The molecule has 0 fully saturated rings. The molecule has 0 saturated heterocycles. The molecule has 0 radical (unpaired) electrons. The number of nitrogens with zero attached hydrogens (tertiary/aromatic N) is 1.